The van der Waals surface area contributed by atoms with Crippen LogP contribution >= 0.6 is 11.3 Å². The molecule has 3 heteroatoms. The third kappa shape index (κ3) is 1.44. The van der Waals surface area contributed by atoms with Crippen LogP contribution in [0.15, 0.2) is 29.9 Å². The Hall–Kier alpha value is -1.22. The molecule has 0 unspecified atom stereocenters. The van der Waals surface area contributed by atoms with Crippen LogP contribution in [-0.2, 0) is 0 Å². The fourth-order valence-corrected chi connectivity index (χ4v) is 2.45. The summed E-state index contributed by atoms with van der Waals surface area (Å²) in [5.74, 6) is 0.755. The molecule has 2 aromatic heterocycles. The van der Waals surface area contributed by atoms with E-state index < -0.39 is 0 Å². The maximum absolute atomic E-state index is 4.62. The van der Waals surface area contributed by atoms with E-state index in [-0.39, 0.29) is 0 Å². The van der Waals surface area contributed by atoms with E-state index in [0.717, 1.165) is 17.2 Å². The van der Waals surface area contributed by atoms with Gasteiger partial charge in [-0.1, -0.05) is 0 Å². The van der Waals surface area contributed by atoms with Crippen LogP contribution in [0.3, 0.4) is 0 Å². The Labute approximate surface area is 86.7 Å². The van der Waals surface area contributed by atoms with Gasteiger partial charge in [-0.25, -0.2) is 4.98 Å². The summed E-state index contributed by atoms with van der Waals surface area (Å²) in [6.07, 6.45) is 6.30. The smallest absolute Gasteiger partial charge is 0.0963 e. The summed E-state index contributed by atoms with van der Waals surface area (Å²) < 4.78 is 0. The Bertz CT molecular complexity index is 432. The summed E-state index contributed by atoms with van der Waals surface area (Å²) in [6.45, 7) is 0. The molecule has 0 saturated heterocycles. The van der Waals surface area contributed by atoms with Crippen LogP contribution in [0.5, 0.6) is 0 Å². The SMILES string of the molecule is c1cncc(-c2csc(C3CC3)n2)c1. The van der Waals surface area contributed by atoms with Gasteiger partial charge in [-0.05, 0) is 25.0 Å². The van der Waals surface area contributed by atoms with Crippen molar-refractivity contribution in [2.24, 2.45) is 0 Å². The van der Waals surface area contributed by atoms with E-state index in [1.807, 2.05) is 12.3 Å². The summed E-state index contributed by atoms with van der Waals surface area (Å²) in [6, 6.07) is 4.00. The fourth-order valence-electron chi connectivity index (χ4n) is 1.45. The molecule has 1 saturated carbocycles. The third-order valence-electron chi connectivity index (χ3n) is 2.41. The molecule has 14 heavy (non-hydrogen) atoms. The predicted octanol–water partition coefficient (Wildman–Crippen LogP) is 3.08. The maximum atomic E-state index is 4.62. The van der Waals surface area contributed by atoms with Crippen LogP contribution in [-0.4, -0.2) is 9.97 Å². The summed E-state index contributed by atoms with van der Waals surface area (Å²) in [5.41, 5.74) is 2.20. The van der Waals surface area contributed by atoms with Gasteiger partial charge in [-0.15, -0.1) is 11.3 Å². The van der Waals surface area contributed by atoms with Gasteiger partial charge < -0.3 is 0 Å². The van der Waals surface area contributed by atoms with Crippen LogP contribution in [0.25, 0.3) is 11.3 Å². The number of aromatic nitrogens is 2. The van der Waals surface area contributed by atoms with Gasteiger partial charge in [0.2, 0.25) is 0 Å². The molecule has 0 aliphatic heterocycles. The Kier molecular flexibility index (Phi) is 1.84. The van der Waals surface area contributed by atoms with Gasteiger partial charge in [0.15, 0.2) is 0 Å². The minimum absolute atomic E-state index is 0.755. The zero-order valence-electron chi connectivity index (χ0n) is 7.68. The molecule has 0 atom stereocenters. The molecule has 2 nitrogen and oxygen atoms in total. The number of thiazole rings is 1. The zero-order chi connectivity index (χ0) is 9.38. The summed E-state index contributed by atoms with van der Waals surface area (Å²) in [7, 11) is 0. The number of hydrogen-bond donors (Lipinski definition) is 0. The Morgan fingerprint density at radius 1 is 1.36 bits per heavy atom. The Morgan fingerprint density at radius 3 is 3.00 bits per heavy atom. The van der Waals surface area contributed by atoms with E-state index in [0.29, 0.717) is 0 Å². The van der Waals surface area contributed by atoms with Crippen molar-refractivity contribution in [1.29, 1.82) is 0 Å². The van der Waals surface area contributed by atoms with Crippen molar-refractivity contribution < 1.29 is 0 Å². The highest BCUT2D eigenvalue weighted by atomic mass is 32.1. The van der Waals surface area contributed by atoms with E-state index in [2.05, 4.69) is 21.4 Å². The lowest BCUT2D eigenvalue weighted by Crippen LogP contribution is -1.80. The van der Waals surface area contributed by atoms with Crippen molar-refractivity contribution in [3.05, 3.63) is 34.9 Å². The molecule has 1 fully saturated rings. The molecule has 3 rings (SSSR count). The highest BCUT2D eigenvalue weighted by Gasteiger charge is 2.26. The number of rotatable bonds is 2. The van der Waals surface area contributed by atoms with Crippen molar-refractivity contribution in [3.63, 3.8) is 0 Å². The molecule has 2 heterocycles. The van der Waals surface area contributed by atoms with Crippen molar-refractivity contribution in [2.75, 3.05) is 0 Å². The van der Waals surface area contributed by atoms with Crippen molar-refractivity contribution in [1.82, 2.24) is 9.97 Å². The topological polar surface area (TPSA) is 25.8 Å². The lowest BCUT2D eigenvalue weighted by atomic mass is 10.2. The van der Waals surface area contributed by atoms with Gasteiger partial charge in [0.1, 0.15) is 0 Å². The van der Waals surface area contributed by atoms with Gasteiger partial charge in [0.05, 0.1) is 10.7 Å². The van der Waals surface area contributed by atoms with Crippen molar-refractivity contribution in [3.8, 4) is 11.3 Å². The quantitative estimate of drug-likeness (QED) is 0.748. The molecule has 0 amide bonds. The van der Waals surface area contributed by atoms with Gasteiger partial charge in [0, 0.05) is 29.3 Å². The molecular formula is C11H10N2S. The number of pyridine rings is 1. The van der Waals surface area contributed by atoms with Gasteiger partial charge >= 0.3 is 0 Å². The first-order valence-corrected chi connectivity index (χ1v) is 5.67. The largest absolute Gasteiger partial charge is 0.264 e. The molecule has 0 bridgehead atoms. The normalized spacial score (nSPS) is 15.7. The second-order valence-electron chi connectivity index (χ2n) is 3.59. The highest BCUT2D eigenvalue weighted by molar-refractivity contribution is 7.10. The fraction of sp³-hybridized carbons (Fsp3) is 0.273. The minimum atomic E-state index is 0.755. The Morgan fingerprint density at radius 2 is 2.29 bits per heavy atom. The lowest BCUT2D eigenvalue weighted by molar-refractivity contribution is 1.08. The van der Waals surface area contributed by atoms with Crippen LogP contribution in [0.4, 0.5) is 0 Å². The standard InChI is InChI=1S/C11H10N2S/c1-2-9(6-12-5-1)10-7-14-11(13-10)8-3-4-8/h1-2,5-8H,3-4H2. The molecule has 1 aliphatic carbocycles. The van der Waals surface area contributed by atoms with Crippen LogP contribution in [0.1, 0.15) is 23.8 Å². The molecule has 0 radical (unpaired) electrons. The molecule has 0 aromatic carbocycles. The van der Waals surface area contributed by atoms with E-state index in [1.54, 1.807) is 17.5 Å². The minimum Gasteiger partial charge on any atom is -0.264 e. The molecule has 0 N–H and O–H groups in total. The van der Waals surface area contributed by atoms with Crippen LogP contribution in [0, 0.1) is 0 Å². The first-order valence-electron chi connectivity index (χ1n) is 4.79. The maximum Gasteiger partial charge on any atom is 0.0963 e. The van der Waals surface area contributed by atoms with Crippen molar-refractivity contribution in [2.45, 2.75) is 18.8 Å². The first-order chi connectivity index (χ1) is 6.93. The van der Waals surface area contributed by atoms with Gasteiger partial charge in [-0.2, -0.15) is 0 Å². The van der Waals surface area contributed by atoms with E-state index in [9.17, 15) is 0 Å². The monoisotopic (exact) mass is 202 g/mol. The summed E-state index contributed by atoms with van der Waals surface area (Å²) in [5, 5.41) is 3.42. The second kappa shape index (κ2) is 3.17. The van der Waals surface area contributed by atoms with E-state index in [1.165, 1.54) is 17.8 Å². The predicted molar refractivity (Wildman–Crippen MR) is 57.3 cm³/mol. The third-order valence-corrected chi connectivity index (χ3v) is 3.41. The highest BCUT2D eigenvalue weighted by Crippen LogP contribution is 2.42. The molecule has 2 aromatic rings. The Balaban J connectivity index is 1.96. The molecule has 0 spiro atoms. The average molecular weight is 202 g/mol. The second-order valence-corrected chi connectivity index (χ2v) is 4.48. The van der Waals surface area contributed by atoms with Gasteiger partial charge in [0.25, 0.3) is 0 Å². The molecular weight excluding hydrogens is 192 g/mol. The number of nitrogens with zero attached hydrogens (tertiary/aromatic N) is 2. The zero-order valence-corrected chi connectivity index (χ0v) is 8.50. The lowest BCUT2D eigenvalue weighted by Gasteiger charge is -1.93. The molecule has 1 aliphatic rings. The van der Waals surface area contributed by atoms with Crippen molar-refractivity contribution >= 4 is 11.3 Å². The van der Waals surface area contributed by atoms with Crippen LogP contribution in [0.2, 0.25) is 0 Å². The van der Waals surface area contributed by atoms with E-state index >= 15 is 0 Å². The number of hydrogen-bond acceptors (Lipinski definition) is 3. The first kappa shape index (κ1) is 8.12. The van der Waals surface area contributed by atoms with Crippen LogP contribution < -0.4 is 0 Å². The summed E-state index contributed by atoms with van der Waals surface area (Å²) in [4.78, 5) is 8.72. The van der Waals surface area contributed by atoms with E-state index in [4.69, 9.17) is 0 Å². The summed E-state index contributed by atoms with van der Waals surface area (Å²) >= 11 is 1.78. The average Bonchev–Trinajstić information content (AvgIpc) is 2.98. The van der Waals surface area contributed by atoms with Gasteiger partial charge in [-0.3, -0.25) is 4.98 Å². The molecule has 70 valence electrons.